The highest BCUT2D eigenvalue weighted by Crippen LogP contribution is 2.31. The number of hydrogen-bond acceptors (Lipinski definition) is 9. The number of alkyl carbamates (subject to hydrolysis) is 1. The average molecular weight is 791 g/mol. The molecule has 1 aliphatic heterocycles. The number of benzene rings is 2. The number of ether oxygens (including phenoxy) is 2. The molecular formula is C42H58N6O9. The highest BCUT2D eigenvalue weighted by atomic mass is 16.5. The number of nitrogens with two attached hydrogens (primary N) is 1. The van der Waals surface area contributed by atoms with Crippen molar-refractivity contribution in [2.75, 3.05) is 19.7 Å². The number of amides is 6. The fourth-order valence-corrected chi connectivity index (χ4v) is 7.22. The normalized spacial score (nSPS) is 18.8. The maximum Gasteiger partial charge on any atom is 0.407 e. The Kier molecular flexibility index (Phi) is 16.2. The topological polar surface area (TPSA) is 215 Å². The summed E-state index contributed by atoms with van der Waals surface area (Å²) in [7, 11) is 0. The number of nitrogens with one attached hydrogen (secondary N) is 4. The standard InChI is InChI=1S/C42H58N6O9/c1-26(2)25-56-41(55)47-35(29-19-13-8-14-20-29)40(54)48-24-30(57-42(3,4)5)22-32(48)38(52)45-31(21-27-15-9-6-10-16-27)36(50)39(53)44-23-33(49)46-34(37(43)51)28-17-11-7-12-18-28/h6-7,9-12,15-18,26,29-32,34-35H,8,13-14,19-25H2,1-5H3,(H2,43,51)(H,44,53)(H,45,52)(H,46,49)(H,47,55)/t30-,31+,32+,34?,35+/m1/s1. The quantitative estimate of drug-likeness (QED) is 0.149. The lowest BCUT2D eigenvalue weighted by Gasteiger charge is -2.34. The zero-order valence-electron chi connectivity index (χ0n) is 33.6. The highest BCUT2D eigenvalue weighted by molar-refractivity contribution is 6.38. The van der Waals surface area contributed by atoms with Crippen LogP contribution in [0.3, 0.4) is 0 Å². The first-order valence-corrected chi connectivity index (χ1v) is 19.7. The number of Topliss-reactive ketones (excluding diaryl/α,β-unsaturated/α-hetero) is 1. The van der Waals surface area contributed by atoms with E-state index in [0.29, 0.717) is 24.0 Å². The molecule has 0 radical (unpaired) electrons. The third-order valence-corrected chi connectivity index (χ3v) is 9.85. The molecule has 6 amide bonds. The van der Waals surface area contributed by atoms with Crippen LogP contribution in [-0.4, -0.2) is 95.8 Å². The Morgan fingerprint density at radius 2 is 1.49 bits per heavy atom. The molecule has 1 saturated heterocycles. The number of nitrogens with zero attached hydrogens (tertiary/aromatic N) is 1. The van der Waals surface area contributed by atoms with Crippen molar-refractivity contribution in [2.45, 2.75) is 115 Å². The fraction of sp³-hybridized carbons (Fsp3) is 0.548. The number of hydrogen-bond donors (Lipinski definition) is 5. The molecule has 1 aliphatic carbocycles. The molecule has 57 heavy (non-hydrogen) atoms. The van der Waals surface area contributed by atoms with E-state index in [9.17, 15) is 33.6 Å². The number of carbonyl (C=O) groups is 7. The predicted octanol–water partition coefficient (Wildman–Crippen LogP) is 2.86. The van der Waals surface area contributed by atoms with E-state index < -0.39 is 83.8 Å². The first-order chi connectivity index (χ1) is 27.0. The van der Waals surface area contributed by atoms with Crippen molar-refractivity contribution < 1.29 is 43.0 Å². The van der Waals surface area contributed by atoms with Crippen LogP contribution in [0.4, 0.5) is 4.79 Å². The minimum absolute atomic E-state index is 0.0578. The minimum atomic E-state index is -1.39. The molecule has 5 atom stereocenters. The molecule has 4 rings (SSSR count). The molecule has 0 spiro atoms. The first-order valence-electron chi connectivity index (χ1n) is 19.7. The van der Waals surface area contributed by atoms with Gasteiger partial charge in [-0.25, -0.2) is 4.79 Å². The van der Waals surface area contributed by atoms with E-state index in [2.05, 4.69) is 21.3 Å². The van der Waals surface area contributed by atoms with Crippen LogP contribution >= 0.6 is 0 Å². The van der Waals surface area contributed by atoms with Gasteiger partial charge in [-0.2, -0.15) is 0 Å². The molecule has 2 fully saturated rings. The van der Waals surface area contributed by atoms with E-state index in [1.165, 1.54) is 4.90 Å². The lowest BCUT2D eigenvalue weighted by atomic mass is 9.83. The molecular weight excluding hydrogens is 732 g/mol. The highest BCUT2D eigenvalue weighted by Gasteiger charge is 2.46. The molecule has 6 N–H and O–H groups in total. The largest absolute Gasteiger partial charge is 0.449 e. The number of primary amides is 1. The summed E-state index contributed by atoms with van der Waals surface area (Å²) in [6.07, 6.45) is 2.99. The summed E-state index contributed by atoms with van der Waals surface area (Å²) >= 11 is 0. The van der Waals surface area contributed by atoms with Gasteiger partial charge < -0.3 is 41.4 Å². The predicted molar refractivity (Wildman–Crippen MR) is 211 cm³/mol. The van der Waals surface area contributed by atoms with Gasteiger partial charge in [0.2, 0.25) is 29.4 Å². The van der Waals surface area contributed by atoms with Crippen LogP contribution in [-0.2, 0) is 44.7 Å². The van der Waals surface area contributed by atoms with Gasteiger partial charge in [-0.1, -0.05) is 93.8 Å². The van der Waals surface area contributed by atoms with Gasteiger partial charge in [-0.15, -0.1) is 0 Å². The molecule has 2 aromatic carbocycles. The maximum absolute atomic E-state index is 14.5. The van der Waals surface area contributed by atoms with Gasteiger partial charge in [0.25, 0.3) is 5.91 Å². The van der Waals surface area contributed by atoms with Gasteiger partial charge in [-0.05, 0) is 56.6 Å². The monoisotopic (exact) mass is 790 g/mol. The summed E-state index contributed by atoms with van der Waals surface area (Å²) in [5, 5.41) is 10.3. The first kappa shape index (κ1) is 44.4. The van der Waals surface area contributed by atoms with E-state index >= 15 is 0 Å². The van der Waals surface area contributed by atoms with Crippen LogP contribution < -0.4 is 27.0 Å². The van der Waals surface area contributed by atoms with Gasteiger partial charge in [0.1, 0.15) is 24.2 Å². The van der Waals surface area contributed by atoms with Gasteiger partial charge in [0.05, 0.1) is 24.9 Å². The molecule has 310 valence electrons. The third kappa shape index (κ3) is 13.7. The number of likely N-dealkylation sites (tertiary alicyclic amines) is 1. The molecule has 0 bridgehead atoms. The Labute approximate surface area is 334 Å². The van der Waals surface area contributed by atoms with E-state index in [1.54, 1.807) is 60.7 Å². The second-order valence-corrected chi connectivity index (χ2v) is 16.2. The van der Waals surface area contributed by atoms with Crippen LogP contribution in [0.2, 0.25) is 0 Å². The molecule has 0 aromatic heterocycles. The van der Waals surface area contributed by atoms with E-state index in [1.807, 2.05) is 34.6 Å². The summed E-state index contributed by atoms with van der Waals surface area (Å²) < 4.78 is 11.7. The SMILES string of the molecule is CC(C)COC(=O)N[C@H](C(=O)N1C[C@H](OC(C)(C)C)C[C@H]1C(=O)N[C@@H](Cc1ccccc1)C(=O)C(=O)NCC(=O)NC(C(N)=O)c1ccccc1)C1CCCCC1. The Hall–Kier alpha value is -5.31. The van der Waals surface area contributed by atoms with Gasteiger partial charge in [0, 0.05) is 19.4 Å². The molecule has 2 aromatic rings. The van der Waals surface area contributed by atoms with Crippen molar-refractivity contribution in [3.8, 4) is 0 Å². The van der Waals surface area contributed by atoms with Crippen molar-refractivity contribution in [3.63, 3.8) is 0 Å². The average Bonchev–Trinajstić information content (AvgIpc) is 3.60. The van der Waals surface area contributed by atoms with Crippen LogP contribution in [0, 0.1) is 11.8 Å². The van der Waals surface area contributed by atoms with E-state index in [0.717, 1.165) is 19.3 Å². The lowest BCUT2D eigenvalue weighted by Crippen LogP contribution is -2.58. The summed E-state index contributed by atoms with van der Waals surface area (Å²) in [6, 6.07) is 12.5. The van der Waals surface area contributed by atoms with Gasteiger partial charge >= 0.3 is 6.09 Å². The lowest BCUT2D eigenvalue weighted by molar-refractivity contribution is -0.143. The summed E-state index contributed by atoms with van der Waals surface area (Å²) in [5.74, 6) is -4.98. The van der Waals surface area contributed by atoms with E-state index in [4.69, 9.17) is 15.2 Å². The number of carbonyl (C=O) groups excluding carboxylic acids is 7. The zero-order chi connectivity index (χ0) is 41.7. The second-order valence-electron chi connectivity index (χ2n) is 16.2. The zero-order valence-corrected chi connectivity index (χ0v) is 33.6. The third-order valence-electron chi connectivity index (χ3n) is 9.85. The van der Waals surface area contributed by atoms with Crippen LogP contribution in [0.5, 0.6) is 0 Å². The van der Waals surface area contributed by atoms with Gasteiger partial charge in [-0.3, -0.25) is 28.8 Å². The van der Waals surface area contributed by atoms with Crippen molar-refractivity contribution in [1.82, 2.24) is 26.2 Å². The second kappa shape index (κ2) is 20.7. The van der Waals surface area contributed by atoms with Crippen molar-refractivity contribution in [3.05, 3.63) is 71.8 Å². The molecule has 15 nitrogen and oxygen atoms in total. The number of ketones is 1. The molecule has 2 aliphatic rings. The number of rotatable bonds is 17. The summed E-state index contributed by atoms with van der Waals surface area (Å²) in [4.78, 5) is 95.2. The molecule has 1 heterocycles. The van der Waals surface area contributed by atoms with Crippen molar-refractivity contribution in [1.29, 1.82) is 0 Å². The summed E-state index contributed by atoms with van der Waals surface area (Å²) in [6.45, 7) is 8.99. The Morgan fingerprint density at radius 3 is 2.09 bits per heavy atom. The van der Waals surface area contributed by atoms with Gasteiger partial charge in [0.15, 0.2) is 0 Å². The minimum Gasteiger partial charge on any atom is -0.449 e. The van der Waals surface area contributed by atoms with Crippen LogP contribution in [0.25, 0.3) is 0 Å². The van der Waals surface area contributed by atoms with Crippen LogP contribution in [0.15, 0.2) is 60.7 Å². The van der Waals surface area contributed by atoms with Crippen LogP contribution in [0.1, 0.15) is 90.3 Å². The smallest absolute Gasteiger partial charge is 0.407 e. The van der Waals surface area contributed by atoms with Crippen molar-refractivity contribution in [2.24, 2.45) is 17.6 Å². The molecule has 1 unspecified atom stereocenters. The Morgan fingerprint density at radius 1 is 0.860 bits per heavy atom. The maximum atomic E-state index is 14.5. The Bertz CT molecular complexity index is 1710. The molecule has 1 saturated carbocycles. The van der Waals surface area contributed by atoms with E-state index in [-0.39, 0.29) is 37.8 Å². The molecule has 15 heteroatoms. The fourth-order valence-electron chi connectivity index (χ4n) is 7.22. The Balaban J connectivity index is 1.54. The summed E-state index contributed by atoms with van der Waals surface area (Å²) in [5.41, 5.74) is 5.98. The van der Waals surface area contributed by atoms with Crippen molar-refractivity contribution >= 4 is 41.4 Å².